The van der Waals surface area contributed by atoms with Crippen LogP contribution in [0.2, 0.25) is 0 Å². The zero-order valence-corrected chi connectivity index (χ0v) is 21.1. The van der Waals surface area contributed by atoms with Gasteiger partial charge in [0.05, 0.1) is 9.85 Å². The van der Waals surface area contributed by atoms with Crippen molar-refractivity contribution in [3.05, 3.63) is 67.8 Å². The van der Waals surface area contributed by atoms with E-state index in [0.29, 0.717) is 36.8 Å². The van der Waals surface area contributed by atoms with Crippen LogP contribution in [-0.4, -0.2) is 67.1 Å². The van der Waals surface area contributed by atoms with E-state index in [-0.39, 0.29) is 35.3 Å². The van der Waals surface area contributed by atoms with Crippen LogP contribution in [0.15, 0.2) is 36.4 Å². The number of aryl methyl sites for hydroxylation is 2. The average Bonchev–Trinajstić information content (AvgIpc) is 2.75. The second-order valence-electron chi connectivity index (χ2n) is 8.37. The fraction of sp³-hybridized carbons (Fsp3) is 0.435. The normalized spacial score (nSPS) is 10.7. The highest BCUT2D eigenvalue weighted by molar-refractivity contribution is 5.85. The summed E-state index contributed by atoms with van der Waals surface area (Å²) in [4.78, 5) is 37.8. The van der Waals surface area contributed by atoms with Crippen molar-refractivity contribution in [2.24, 2.45) is 0 Å². The summed E-state index contributed by atoms with van der Waals surface area (Å²) in [6.07, 6.45) is 1.33. The Morgan fingerprint density at radius 1 is 0.771 bits per heavy atom. The molecule has 0 atom stereocenters. The van der Waals surface area contributed by atoms with Gasteiger partial charge in [0.1, 0.15) is 11.5 Å². The molecular weight excluding hydrogens is 480 g/mol. The molecule has 0 radical (unpaired) electrons. The van der Waals surface area contributed by atoms with Crippen molar-refractivity contribution in [1.29, 1.82) is 0 Å². The zero-order chi connectivity index (χ0) is 25.3. The van der Waals surface area contributed by atoms with E-state index in [0.717, 1.165) is 13.1 Å². The van der Waals surface area contributed by atoms with Gasteiger partial charge in [-0.05, 0) is 79.1 Å². The van der Waals surface area contributed by atoms with Gasteiger partial charge >= 0.3 is 6.16 Å². The Labute approximate surface area is 210 Å². The summed E-state index contributed by atoms with van der Waals surface area (Å²) in [7, 11) is 7.68. The van der Waals surface area contributed by atoms with Gasteiger partial charge < -0.3 is 19.3 Å². The van der Waals surface area contributed by atoms with Gasteiger partial charge in [0.25, 0.3) is 11.4 Å². The van der Waals surface area contributed by atoms with Crippen LogP contribution >= 0.6 is 12.4 Å². The molecule has 0 unspecified atom stereocenters. The summed E-state index contributed by atoms with van der Waals surface area (Å²) < 4.78 is 10.8. The maximum absolute atomic E-state index is 12.6. The Morgan fingerprint density at radius 2 is 1.14 bits per heavy atom. The van der Waals surface area contributed by atoms with E-state index < -0.39 is 16.0 Å². The molecule has 0 spiro atoms. The molecule has 0 aliphatic carbocycles. The molecule has 0 heterocycles. The Kier molecular flexibility index (Phi) is 12.1. The highest BCUT2D eigenvalue weighted by Gasteiger charge is 2.19. The van der Waals surface area contributed by atoms with Crippen molar-refractivity contribution in [3.8, 4) is 11.5 Å². The fourth-order valence-electron chi connectivity index (χ4n) is 3.32. The minimum atomic E-state index is -1.02. The lowest BCUT2D eigenvalue weighted by atomic mass is 10.1. The molecule has 35 heavy (non-hydrogen) atoms. The molecule has 0 aliphatic rings. The zero-order valence-electron chi connectivity index (χ0n) is 20.3. The summed E-state index contributed by atoms with van der Waals surface area (Å²) in [5.41, 5.74) is 0.837. The summed E-state index contributed by atoms with van der Waals surface area (Å²) in [5, 5.41) is 22.3. The number of hydrogen-bond acceptors (Lipinski definition) is 9. The molecule has 192 valence electrons. The second-order valence-corrected chi connectivity index (χ2v) is 8.37. The van der Waals surface area contributed by atoms with Gasteiger partial charge in [-0.1, -0.05) is 0 Å². The molecule has 0 saturated heterocycles. The molecule has 0 saturated carbocycles. The van der Waals surface area contributed by atoms with Crippen LogP contribution in [0.5, 0.6) is 11.5 Å². The molecule has 0 fully saturated rings. The van der Waals surface area contributed by atoms with E-state index in [1.54, 1.807) is 0 Å². The number of nitro benzene ring substituents is 2. The van der Waals surface area contributed by atoms with E-state index in [1.807, 2.05) is 38.0 Å². The number of rotatable bonds is 12. The van der Waals surface area contributed by atoms with Crippen molar-refractivity contribution in [1.82, 2.24) is 9.80 Å². The van der Waals surface area contributed by atoms with Gasteiger partial charge in [-0.2, -0.15) is 0 Å². The highest BCUT2D eigenvalue weighted by atomic mass is 35.5. The first-order valence-electron chi connectivity index (χ1n) is 10.8. The third-order valence-corrected chi connectivity index (χ3v) is 5.00. The first-order valence-corrected chi connectivity index (χ1v) is 10.8. The van der Waals surface area contributed by atoms with Crippen LogP contribution in [0.4, 0.5) is 16.2 Å². The van der Waals surface area contributed by atoms with Gasteiger partial charge in [0.15, 0.2) is 0 Å². The standard InChI is InChI=1S/C23H30N4O7.ClH/c1-24(2)13-5-7-17-15-19(26(29)30)9-11-21(17)33-23(28)34-22-12-10-20(27(31)32)16-18(22)8-6-14-25(3)4;/h9-12,15-16H,5-8,13-14H2,1-4H3;1H. The highest BCUT2D eigenvalue weighted by Crippen LogP contribution is 2.28. The minimum Gasteiger partial charge on any atom is -0.394 e. The number of carbonyl (C=O) groups is 1. The smallest absolute Gasteiger partial charge is 0.394 e. The van der Waals surface area contributed by atoms with Crippen LogP contribution in [0, 0.1) is 20.2 Å². The minimum absolute atomic E-state index is 0. The fourth-order valence-corrected chi connectivity index (χ4v) is 3.32. The molecule has 2 aromatic rings. The lowest BCUT2D eigenvalue weighted by molar-refractivity contribution is -0.385. The van der Waals surface area contributed by atoms with E-state index in [2.05, 4.69) is 0 Å². The molecule has 0 N–H and O–H groups in total. The van der Waals surface area contributed by atoms with Crippen LogP contribution in [0.25, 0.3) is 0 Å². The maximum atomic E-state index is 12.6. The number of nitro groups is 2. The van der Waals surface area contributed by atoms with Gasteiger partial charge in [-0.25, -0.2) is 4.79 Å². The number of ether oxygens (including phenoxy) is 2. The number of halogens is 1. The third-order valence-electron chi connectivity index (χ3n) is 5.00. The van der Waals surface area contributed by atoms with Gasteiger partial charge in [0, 0.05) is 35.4 Å². The van der Waals surface area contributed by atoms with Crippen molar-refractivity contribution < 1.29 is 24.1 Å². The molecular formula is C23H31ClN4O7. The summed E-state index contributed by atoms with van der Waals surface area (Å²) in [6, 6.07) is 8.04. The number of nitrogens with zero attached hydrogens (tertiary/aromatic N) is 4. The predicted octanol–water partition coefficient (Wildman–Crippen LogP) is 4.49. The molecule has 0 bridgehead atoms. The number of carbonyl (C=O) groups excluding carboxylic acids is 1. The SMILES string of the molecule is CN(C)CCCc1cc([N+](=O)[O-])ccc1OC(=O)Oc1ccc([N+](=O)[O-])cc1CCCN(C)C.Cl. The second kappa shape index (κ2) is 14.2. The number of benzene rings is 2. The molecule has 12 heteroatoms. The molecule has 0 aliphatic heterocycles. The van der Waals surface area contributed by atoms with Crippen LogP contribution in [0.1, 0.15) is 24.0 Å². The molecule has 2 rings (SSSR count). The first-order chi connectivity index (χ1) is 16.1. The topological polar surface area (TPSA) is 128 Å². The largest absolute Gasteiger partial charge is 0.519 e. The quantitative estimate of drug-likeness (QED) is 0.175. The summed E-state index contributed by atoms with van der Waals surface area (Å²) in [5.74, 6) is 0.343. The Hall–Kier alpha value is -3.28. The van der Waals surface area contributed by atoms with Crippen LogP contribution < -0.4 is 9.47 Å². The lowest BCUT2D eigenvalue weighted by Crippen LogP contribution is -2.17. The van der Waals surface area contributed by atoms with Crippen LogP contribution in [-0.2, 0) is 12.8 Å². The molecule has 2 aromatic carbocycles. The van der Waals surface area contributed by atoms with E-state index in [9.17, 15) is 25.0 Å². The number of hydrogen-bond donors (Lipinski definition) is 0. The van der Waals surface area contributed by atoms with E-state index in [1.165, 1.54) is 36.4 Å². The maximum Gasteiger partial charge on any atom is 0.519 e. The van der Waals surface area contributed by atoms with Crippen molar-refractivity contribution in [3.63, 3.8) is 0 Å². The van der Waals surface area contributed by atoms with Crippen molar-refractivity contribution >= 4 is 29.9 Å². The van der Waals surface area contributed by atoms with Crippen molar-refractivity contribution in [2.45, 2.75) is 25.7 Å². The van der Waals surface area contributed by atoms with Crippen molar-refractivity contribution in [2.75, 3.05) is 41.3 Å². The Bertz CT molecular complexity index is 951. The van der Waals surface area contributed by atoms with Gasteiger partial charge in [-0.15, -0.1) is 12.4 Å². The Balaban J connectivity index is 0.00000612. The van der Waals surface area contributed by atoms with E-state index >= 15 is 0 Å². The van der Waals surface area contributed by atoms with Crippen LogP contribution in [0.3, 0.4) is 0 Å². The monoisotopic (exact) mass is 510 g/mol. The first kappa shape index (κ1) is 29.8. The average molecular weight is 511 g/mol. The Morgan fingerprint density at radius 3 is 1.46 bits per heavy atom. The summed E-state index contributed by atoms with van der Waals surface area (Å²) >= 11 is 0. The number of non-ortho nitro benzene ring substituents is 2. The molecule has 0 aromatic heterocycles. The molecule has 0 amide bonds. The lowest BCUT2D eigenvalue weighted by Gasteiger charge is -2.14. The molecule has 11 nitrogen and oxygen atoms in total. The third kappa shape index (κ3) is 9.85. The van der Waals surface area contributed by atoms with E-state index in [4.69, 9.17) is 9.47 Å². The van der Waals surface area contributed by atoms with Gasteiger partial charge in [0.2, 0.25) is 0 Å². The predicted molar refractivity (Wildman–Crippen MR) is 134 cm³/mol. The van der Waals surface area contributed by atoms with Gasteiger partial charge in [-0.3, -0.25) is 20.2 Å². The summed E-state index contributed by atoms with van der Waals surface area (Å²) in [6.45, 7) is 1.51.